The van der Waals surface area contributed by atoms with E-state index in [9.17, 15) is 0 Å². The highest BCUT2D eigenvalue weighted by Crippen LogP contribution is 2.16. The van der Waals surface area contributed by atoms with Crippen molar-refractivity contribution in [3.05, 3.63) is 0 Å². The third kappa shape index (κ3) is 10.6. The molecule has 0 N–H and O–H groups in total. The summed E-state index contributed by atoms with van der Waals surface area (Å²) in [7, 11) is -2.53. The maximum absolute atomic E-state index is 5.93. The summed E-state index contributed by atoms with van der Waals surface area (Å²) in [5.74, 6) is 0. The van der Waals surface area contributed by atoms with Crippen LogP contribution in [0.15, 0.2) is 0 Å². The molecule has 1 fully saturated rings. The quantitative estimate of drug-likeness (QED) is 0.596. The highest BCUT2D eigenvalue weighted by Gasteiger charge is 2.28. The third-order valence-corrected chi connectivity index (χ3v) is 7.94. The van der Waals surface area contributed by atoms with Crippen LogP contribution in [0.3, 0.4) is 0 Å². The summed E-state index contributed by atoms with van der Waals surface area (Å²) in [6, 6.07) is 1.33. The average molecular weight is 255 g/mol. The number of rotatable bonds is 0. The van der Waals surface area contributed by atoms with Gasteiger partial charge in [0.15, 0.2) is 9.04 Å². The smallest absolute Gasteiger partial charge is 0.321 e. The van der Waals surface area contributed by atoms with Crippen LogP contribution in [0.5, 0.6) is 0 Å². The largest absolute Gasteiger partial charge is 0.439 e. The molecule has 1 unspecified atom stereocenters. The van der Waals surface area contributed by atoms with E-state index in [0.717, 1.165) is 6.61 Å². The first-order valence-electron chi connectivity index (χ1n) is 4.42. The molecule has 2 nitrogen and oxygen atoms in total. The first-order valence-corrected chi connectivity index (χ1v) is 9.68. The molecule has 0 aromatic heterocycles. The van der Waals surface area contributed by atoms with Gasteiger partial charge >= 0.3 is 8.56 Å². The second-order valence-electron chi connectivity index (χ2n) is 3.67. The molecule has 4 heteroatoms. The van der Waals surface area contributed by atoms with Crippen LogP contribution in [-0.2, 0) is 8.54 Å². The Hall–Kier alpha value is 0.354. The Kier molecular flexibility index (Phi) is 17.8. The molecule has 0 aromatic carbocycles. The fourth-order valence-electron chi connectivity index (χ4n) is 1.43. The lowest BCUT2D eigenvalue weighted by molar-refractivity contribution is 0.235. The highest BCUT2D eigenvalue weighted by atomic mass is 28.4. The Morgan fingerprint density at radius 2 is 1.53 bits per heavy atom. The molecule has 1 aliphatic rings. The van der Waals surface area contributed by atoms with Crippen LogP contribution in [0.25, 0.3) is 0 Å². The van der Waals surface area contributed by atoms with Crippen molar-refractivity contribution in [2.45, 2.75) is 68.2 Å². The summed E-state index contributed by atoms with van der Waals surface area (Å²) in [5.41, 5.74) is 0. The monoisotopic (exact) mass is 254 g/mol. The normalized spacial score (nSPS) is 23.8. The van der Waals surface area contributed by atoms with Gasteiger partial charge in [-0.1, -0.05) is 36.1 Å². The maximum Gasteiger partial charge on any atom is 0.321 e. The van der Waals surface area contributed by atoms with E-state index in [2.05, 4.69) is 19.6 Å². The van der Waals surface area contributed by atoms with E-state index in [1.807, 2.05) is 0 Å². The van der Waals surface area contributed by atoms with Gasteiger partial charge in [-0.2, -0.15) is 0 Å². The lowest BCUT2D eigenvalue weighted by Crippen LogP contribution is -2.41. The van der Waals surface area contributed by atoms with E-state index in [4.69, 9.17) is 8.54 Å². The van der Waals surface area contributed by atoms with Gasteiger partial charge in [-0.3, -0.25) is 0 Å². The van der Waals surface area contributed by atoms with Gasteiger partial charge in [0.25, 0.3) is 0 Å². The van der Waals surface area contributed by atoms with Crippen molar-refractivity contribution < 1.29 is 8.54 Å². The van der Waals surface area contributed by atoms with E-state index >= 15 is 0 Å². The van der Waals surface area contributed by atoms with Crippen molar-refractivity contribution in [1.82, 2.24) is 0 Å². The van der Waals surface area contributed by atoms with Crippen molar-refractivity contribution in [3.8, 4) is 0 Å². The molecule has 0 radical (unpaired) electrons. The van der Waals surface area contributed by atoms with Crippen LogP contribution in [-0.4, -0.2) is 24.2 Å². The van der Waals surface area contributed by atoms with Crippen molar-refractivity contribution in [1.29, 1.82) is 0 Å². The lowest BCUT2D eigenvalue weighted by Gasteiger charge is -2.29. The molecular formula is C11H34O2Si2. The van der Waals surface area contributed by atoms with Gasteiger partial charge in [-0.25, -0.2) is 0 Å². The van der Waals surface area contributed by atoms with Crippen LogP contribution < -0.4 is 0 Å². The van der Waals surface area contributed by atoms with Crippen molar-refractivity contribution in [2.75, 3.05) is 6.61 Å². The molecular weight excluding hydrogens is 220 g/mol. The van der Waals surface area contributed by atoms with E-state index in [1.165, 1.54) is 18.9 Å². The van der Waals surface area contributed by atoms with Crippen LogP contribution >= 0.6 is 0 Å². The fourth-order valence-corrected chi connectivity index (χ4v) is 7.55. The van der Waals surface area contributed by atoms with Gasteiger partial charge in [0.2, 0.25) is 0 Å². The molecule has 1 saturated heterocycles. The molecule has 1 aliphatic heterocycles. The first-order chi connectivity index (χ1) is 5.10. The van der Waals surface area contributed by atoms with Gasteiger partial charge in [0.05, 0.1) is 0 Å². The van der Waals surface area contributed by atoms with Crippen LogP contribution in [0, 0.1) is 0 Å². The predicted octanol–water partition coefficient (Wildman–Crippen LogP) is 4.41. The molecule has 1 atom stereocenters. The minimum absolute atomic E-state index is 0. The third-order valence-electron chi connectivity index (χ3n) is 1.94. The molecule has 0 saturated carbocycles. The van der Waals surface area contributed by atoms with Gasteiger partial charge < -0.3 is 8.54 Å². The van der Waals surface area contributed by atoms with E-state index in [1.54, 1.807) is 0 Å². The first kappa shape index (κ1) is 24.5. The Morgan fingerprint density at radius 1 is 1.00 bits per heavy atom. The molecule has 0 bridgehead atoms. The minimum atomic E-state index is -1.67. The maximum atomic E-state index is 5.93. The number of hydrogen-bond acceptors (Lipinski definition) is 2. The number of hydrogen-bond donors (Lipinski definition) is 0. The van der Waals surface area contributed by atoms with Crippen molar-refractivity contribution in [3.63, 3.8) is 0 Å². The highest BCUT2D eigenvalue weighted by molar-refractivity contribution is 6.73. The Bertz CT molecular complexity index is 130. The minimum Gasteiger partial charge on any atom is -0.439 e. The van der Waals surface area contributed by atoms with Gasteiger partial charge in [0.1, 0.15) is 0 Å². The molecule has 98 valence electrons. The van der Waals surface area contributed by atoms with Gasteiger partial charge in [-0.05, 0) is 32.1 Å². The SMILES string of the molecule is C.C.C.C.C[SiH]1CCCCO[Si](C)(C)O1. The zero-order valence-corrected chi connectivity index (χ0v) is 9.88. The van der Waals surface area contributed by atoms with Crippen molar-refractivity contribution in [2.24, 2.45) is 0 Å². The summed E-state index contributed by atoms with van der Waals surface area (Å²) in [6.45, 7) is 7.51. The van der Waals surface area contributed by atoms with Crippen LogP contribution in [0.1, 0.15) is 42.5 Å². The van der Waals surface area contributed by atoms with Crippen molar-refractivity contribution >= 4 is 17.6 Å². The molecule has 0 amide bonds. The summed E-state index contributed by atoms with van der Waals surface area (Å²) in [6.07, 6.45) is 2.54. The van der Waals surface area contributed by atoms with E-state index in [0.29, 0.717) is 0 Å². The zero-order chi connectivity index (χ0) is 8.32. The summed E-state index contributed by atoms with van der Waals surface area (Å²) >= 11 is 0. The summed E-state index contributed by atoms with van der Waals surface area (Å²) in [4.78, 5) is 0. The molecule has 1 rings (SSSR count). The second-order valence-corrected chi connectivity index (χ2v) is 9.90. The molecule has 0 spiro atoms. The Morgan fingerprint density at radius 3 is 2.07 bits per heavy atom. The topological polar surface area (TPSA) is 18.5 Å². The molecule has 0 aromatic rings. The molecule has 15 heavy (non-hydrogen) atoms. The fraction of sp³-hybridized carbons (Fsp3) is 1.00. The molecule has 0 aliphatic carbocycles. The zero-order valence-electron chi connectivity index (χ0n) is 7.72. The summed E-state index contributed by atoms with van der Waals surface area (Å²) in [5, 5.41) is 0. The van der Waals surface area contributed by atoms with Gasteiger partial charge in [-0.15, -0.1) is 0 Å². The Labute approximate surface area is 101 Å². The predicted molar refractivity (Wildman–Crippen MR) is 78.5 cm³/mol. The summed E-state index contributed by atoms with van der Waals surface area (Å²) < 4.78 is 11.6. The molecule has 1 heterocycles. The van der Waals surface area contributed by atoms with E-state index < -0.39 is 17.6 Å². The standard InChI is InChI=1S/C7H18O2Si2.4CH4/c1-10-7-5-4-6-8-11(2,3)9-10;;;;/h10H,4-7H2,1-3H3;4*1H4. The average Bonchev–Trinajstić information content (AvgIpc) is 1.82. The van der Waals surface area contributed by atoms with Crippen LogP contribution in [0.2, 0.25) is 25.7 Å². The Balaban J connectivity index is -0.000000151. The van der Waals surface area contributed by atoms with E-state index in [-0.39, 0.29) is 29.7 Å². The lowest BCUT2D eigenvalue weighted by atomic mass is 10.4. The van der Waals surface area contributed by atoms with Crippen LogP contribution in [0.4, 0.5) is 0 Å². The van der Waals surface area contributed by atoms with Gasteiger partial charge in [0, 0.05) is 6.61 Å². The second kappa shape index (κ2) is 10.9.